The third-order valence-corrected chi connectivity index (χ3v) is 8.63. The summed E-state index contributed by atoms with van der Waals surface area (Å²) in [6, 6.07) is 11.1. The number of hydrogen-bond donors (Lipinski definition) is 6. The molecule has 42 heavy (non-hydrogen) atoms. The van der Waals surface area contributed by atoms with Crippen molar-refractivity contribution in [1.82, 2.24) is 0 Å². The fraction of sp³-hybridized carbons (Fsp3) is 0.250. The molecule has 0 aliphatic heterocycles. The van der Waals surface area contributed by atoms with Crippen LogP contribution in [0.25, 0.3) is 0 Å². The van der Waals surface area contributed by atoms with Crippen molar-refractivity contribution < 1.29 is 30.6 Å². The molecule has 6 N–H and O–H groups in total. The molecule has 4 aromatic rings. The summed E-state index contributed by atoms with van der Waals surface area (Å²) in [7, 11) is 0. The number of hydrogen-bond acceptors (Lipinski definition) is 10. The zero-order valence-electron chi connectivity index (χ0n) is 23.3. The quantitative estimate of drug-likeness (QED) is 0.133. The van der Waals surface area contributed by atoms with Crippen LogP contribution < -0.4 is 0 Å². The van der Waals surface area contributed by atoms with E-state index >= 15 is 0 Å². The molecule has 1 aliphatic rings. The van der Waals surface area contributed by atoms with E-state index in [1.807, 2.05) is 0 Å². The Labute approximate surface area is 241 Å². The van der Waals surface area contributed by atoms with Gasteiger partial charge in [-0.15, -0.1) is 9.81 Å². The van der Waals surface area contributed by atoms with Crippen molar-refractivity contribution >= 4 is 11.4 Å². The normalized spacial score (nSPS) is 19.7. The van der Waals surface area contributed by atoms with Gasteiger partial charge in [-0.1, -0.05) is 27.7 Å². The van der Waals surface area contributed by atoms with Crippen LogP contribution in [0.4, 0.5) is 11.4 Å². The van der Waals surface area contributed by atoms with Gasteiger partial charge in [0.1, 0.15) is 45.9 Å². The highest BCUT2D eigenvalue weighted by molar-refractivity contribution is 5.65. The summed E-state index contributed by atoms with van der Waals surface area (Å²) < 4.78 is 0. The topological polar surface area (TPSA) is 180 Å². The summed E-state index contributed by atoms with van der Waals surface area (Å²) in [5.41, 5.74) is 2.76. The molecule has 8 bridgehead atoms. The molecule has 0 fully saturated rings. The molecule has 0 saturated carbocycles. The van der Waals surface area contributed by atoms with E-state index in [1.54, 1.807) is 52.0 Å². The zero-order valence-corrected chi connectivity index (χ0v) is 23.3. The first-order chi connectivity index (χ1) is 19.9. The summed E-state index contributed by atoms with van der Waals surface area (Å²) in [6.07, 6.45) is 0. The van der Waals surface area contributed by atoms with Gasteiger partial charge in [0, 0.05) is 81.3 Å². The van der Waals surface area contributed by atoms with Gasteiger partial charge >= 0.3 is 0 Å². The van der Waals surface area contributed by atoms with E-state index in [1.165, 1.54) is 24.3 Å². The fourth-order valence-corrected chi connectivity index (χ4v) is 6.05. The smallest absolute Gasteiger partial charge is 0.123 e. The molecule has 10 nitrogen and oxygen atoms in total. The molecule has 4 atom stereocenters. The van der Waals surface area contributed by atoms with Gasteiger partial charge in [-0.05, 0) is 45.7 Å². The van der Waals surface area contributed by atoms with Crippen molar-refractivity contribution in [1.29, 1.82) is 0 Å². The van der Waals surface area contributed by atoms with Crippen LogP contribution in [0, 0.1) is 9.81 Å². The van der Waals surface area contributed by atoms with Gasteiger partial charge in [0.25, 0.3) is 0 Å². The molecule has 0 heterocycles. The van der Waals surface area contributed by atoms with E-state index < -0.39 is 23.7 Å². The van der Waals surface area contributed by atoms with Crippen LogP contribution in [0.15, 0.2) is 58.9 Å². The molecule has 0 aromatic heterocycles. The molecule has 4 unspecified atom stereocenters. The van der Waals surface area contributed by atoms with Crippen LogP contribution in [0.1, 0.15) is 95.9 Å². The van der Waals surface area contributed by atoms with Gasteiger partial charge in [0.15, 0.2) is 0 Å². The number of phenolic OH excluding ortho intramolecular Hbond substituents is 6. The van der Waals surface area contributed by atoms with Gasteiger partial charge in [0.2, 0.25) is 0 Å². The molecule has 0 radical (unpaired) electrons. The van der Waals surface area contributed by atoms with Crippen LogP contribution in [0.5, 0.6) is 34.5 Å². The maximum Gasteiger partial charge on any atom is 0.123 e. The lowest BCUT2D eigenvalue weighted by atomic mass is 9.80. The second-order valence-corrected chi connectivity index (χ2v) is 10.9. The van der Waals surface area contributed by atoms with Gasteiger partial charge in [-0.2, -0.15) is 0 Å². The molecule has 0 spiro atoms. The highest BCUT2D eigenvalue weighted by Gasteiger charge is 2.29. The molecular weight excluding hydrogens is 540 g/mol. The molecule has 0 saturated heterocycles. The van der Waals surface area contributed by atoms with Gasteiger partial charge in [0.05, 0.1) is 0 Å². The average Bonchev–Trinajstić information content (AvgIpc) is 2.95. The maximum absolute atomic E-state index is 11.9. The number of nitroso groups, excluding NO2 is 2. The highest BCUT2D eigenvalue weighted by atomic mass is 16.3. The van der Waals surface area contributed by atoms with Crippen molar-refractivity contribution in [2.24, 2.45) is 10.4 Å². The summed E-state index contributed by atoms with van der Waals surface area (Å²) in [5, 5.41) is 71.5. The Morgan fingerprint density at radius 2 is 0.595 bits per heavy atom. The Hall–Kier alpha value is -5.12. The standard InChI is InChI=1S/C32H30N2O8/c1-13-18-6-20(28(36)10-26(18)34-42)15(3)23-8-24(32(40)12-31(23)39)16(4)22-7-21(29(37)11-30(22)38)14(2)17-5-19(13)27(35)9-25(17)33-41/h5-16,35-40H,1-4H3. The van der Waals surface area contributed by atoms with E-state index in [-0.39, 0.29) is 45.9 Å². The molecular formula is C32H30N2O8. The summed E-state index contributed by atoms with van der Waals surface area (Å²) in [6.45, 7) is 6.93. The van der Waals surface area contributed by atoms with Crippen LogP contribution in [-0.4, -0.2) is 30.6 Å². The Bertz CT molecular complexity index is 1750. The third-order valence-electron chi connectivity index (χ3n) is 8.63. The summed E-state index contributed by atoms with van der Waals surface area (Å²) >= 11 is 0. The van der Waals surface area contributed by atoms with Gasteiger partial charge < -0.3 is 30.6 Å². The predicted octanol–water partition coefficient (Wildman–Crippen LogP) is 7.64. The largest absolute Gasteiger partial charge is 0.508 e. The first-order valence-electron chi connectivity index (χ1n) is 13.4. The number of aromatic hydroxyl groups is 6. The molecule has 1 aliphatic carbocycles. The van der Waals surface area contributed by atoms with Crippen molar-refractivity contribution in [2.75, 3.05) is 0 Å². The lowest BCUT2D eigenvalue weighted by Crippen LogP contribution is -2.07. The highest BCUT2D eigenvalue weighted by Crippen LogP contribution is 2.49. The van der Waals surface area contributed by atoms with E-state index in [0.717, 1.165) is 0 Å². The number of rotatable bonds is 2. The Kier molecular flexibility index (Phi) is 7.01. The molecule has 4 aromatic carbocycles. The van der Waals surface area contributed by atoms with Crippen LogP contribution in [-0.2, 0) is 0 Å². The molecule has 5 rings (SSSR count). The Balaban J connectivity index is 1.91. The van der Waals surface area contributed by atoms with E-state index in [2.05, 4.69) is 10.4 Å². The lowest BCUT2D eigenvalue weighted by molar-refractivity contribution is 0.433. The van der Waals surface area contributed by atoms with Crippen molar-refractivity contribution in [3.63, 3.8) is 0 Å². The lowest BCUT2D eigenvalue weighted by Gasteiger charge is -2.25. The van der Waals surface area contributed by atoms with Crippen molar-refractivity contribution in [3.05, 3.63) is 103 Å². The molecule has 216 valence electrons. The predicted molar refractivity (Wildman–Crippen MR) is 157 cm³/mol. The first-order valence-corrected chi connectivity index (χ1v) is 13.4. The SMILES string of the molecule is CC1c2cc(c(O)cc2O)C(C)c2cc(c(N=O)cc2O)C(C)c2cc(c(N=O)cc2O)C(C)c2cc1c(O)cc2O. The third kappa shape index (κ3) is 4.45. The van der Waals surface area contributed by atoms with Crippen molar-refractivity contribution in [3.8, 4) is 34.5 Å². The number of benzene rings is 4. The van der Waals surface area contributed by atoms with Gasteiger partial charge in [-0.25, -0.2) is 0 Å². The minimum atomic E-state index is -0.670. The average molecular weight is 571 g/mol. The van der Waals surface area contributed by atoms with Gasteiger partial charge in [-0.3, -0.25) is 0 Å². The van der Waals surface area contributed by atoms with Crippen LogP contribution in [0.3, 0.4) is 0 Å². The van der Waals surface area contributed by atoms with E-state index in [9.17, 15) is 40.5 Å². The minimum absolute atomic E-state index is 0.0614. The molecule has 0 amide bonds. The molecule has 10 heteroatoms. The fourth-order valence-electron chi connectivity index (χ4n) is 6.05. The zero-order chi connectivity index (χ0) is 30.6. The van der Waals surface area contributed by atoms with E-state index in [0.29, 0.717) is 44.5 Å². The summed E-state index contributed by atoms with van der Waals surface area (Å²) in [5.74, 6) is -4.03. The Morgan fingerprint density at radius 1 is 0.381 bits per heavy atom. The minimum Gasteiger partial charge on any atom is -0.508 e. The second-order valence-electron chi connectivity index (χ2n) is 10.9. The number of nitrogens with zero attached hydrogens (tertiary/aromatic N) is 2. The van der Waals surface area contributed by atoms with Crippen LogP contribution in [0.2, 0.25) is 0 Å². The number of phenols is 6. The number of fused-ring (bicyclic) bond motifs is 8. The summed E-state index contributed by atoms with van der Waals surface area (Å²) in [4.78, 5) is 23.7. The van der Waals surface area contributed by atoms with Crippen molar-refractivity contribution in [2.45, 2.75) is 51.4 Å². The first kappa shape index (κ1) is 28.4. The monoisotopic (exact) mass is 570 g/mol. The second kappa shape index (κ2) is 10.4. The maximum atomic E-state index is 11.9. The van der Waals surface area contributed by atoms with Crippen LogP contribution >= 0.6 is 0 Å². The Morgan fingerprint density at radius 3 is 0.857 bits per heavy atom. The van der Waals surface area contributed by atoms with E-state index in [4.69, 9.17) is 0 Å².